The van der Waals surface area contributed by atoms with Crippen LogP contribution in [-0.2, 0) is 21.4 Å². The molecule has 0 radical (unpaired) electrons. The first-order valence-corrected chi connectivity index (χ1v) is 12.7. The predicted octanol–water partition coefficient (Wildman–Crippen LogP) is 3.90. The van der Waals surface area contributed by atoms with Gasteiger partial charge in [0.2, 0.25) is 15.9 Å². The number of rotatable bonds is 6. The van der Waals surface area contributed by atoms with Crippen molar-refractivity contribution in [1.29, 1.82) is 0 Å². The van der Waals surface area contributed by atoms with E-state index in [-0.39, 0.29) is 11.8 Å². The number of sulfonamides is 1. The Morgan fingerprint density at radius 2 is 1.64 bits per heavy atom. The molecule has 0 saturated carbocycles. The third kappa shape index (κ3) is 4.86. The Morgan fingerprint density at radius 1 is 1.00 bits per heavy atom. The summed E-state index contributed by atoms with van der Waals surface area (Å²) in [7, 11) is -3.53. The van der Waals surface area contributed by atoms with E-state index in [1.54, 1.807) is 30.3 Å². The molecule has 0 spiro atoms. The second kappa shape index (κ2) is 9.49. The van der Waals surface area contributed by atoms with Crippen LogP contribution in [0.15, 0.2) is 59.5 Å². The summed E-state index contributed by atoms with van der Waals surface area (Å²) in [5.41, 5.74) is 4.82. The molecule has 8 heteroatoms. The van der Waals surface area contributed by atoms with Crippen LogP contribution in [0.4, 0.5) is 5.69 Å². The number of aryl methyl sites for hydroxylation is 2. The Balaban J connectivity index is 1.41. The average molecular weight is 467 g/mol. The third-order valence-corrected chi connectivity index (χ3v) is 8.33. The molecule has 1 aromatic heterocycles. The van der Waals surface area contributed by atoms with Gasteiger partial charge in [0.25, 0.3) is 0 Å². The number of piperidine rings is 1. The van der Waals surface area contributed by atoms with Gasteiger partial charge in [0.05, 0.1) is 28.5 Å². The van der Waals surface area contributed by atoms with Gasteiger partial charge in [-0.3, -0.25) is 9.48 Å². The van der Waals surface area contributed by atoms with Crippen molar-refractivity contribution in [3.8, 4) is 0 Å². The highest BCUT2D eigenvalue weighted by Crippen LogP contribution is 2.27. The number of aromatic nitrogens is 2. The fourth-order valence-electron chi connectivity index (χ4n) is 4.31. The molecule has 7 nitrogen and oxygen atoms in total. The van der Waals surface area contributed by atoms with Crippen molar-refractivity contribution in [1.82, 2.24) is 14.1 Å². The quantitative estimate of drug-likeness (QED) is 0.597. The van der Waals surface area contributed by atoms with Crippen molar-refractivity contribution in [3.63, 3.8) is 0 Å². The van der Waals surface area contributed by atoms with Crippen LogP contribution >= 0.6 is 0 Å². The lowest BCUT2D eigenvalue weighted by molar-refractivity contribution is -0.120. The molecule has 0 aliphatic carbocycles. The molecule has 1 saturated heterocycles. The van der Waals surface area contributed by atoms with Gasteiger partial charge in [-0.05, 0) is 56.9 Å². The maximum absolute atomic E-state index is 13.0. The molecule has 3 aromatic rings. The lowest BCUT2D eigenvalue weighted by atomic mass is 9.97. The number of nitrogens with zero attached hydrogens (tertiary/aromatic N) is 3. The van der Waals surface area contributed by atoms with Crippen LogP contribution in [0.25, 0.3) is 0 Å². The minimum Gasteiger partial charge on any atom is -0.323 e. The Hall–Kier alpha value is -2.97. The van der Waals surface area contributed by atoms with Crippen molar-refractivity contribution in [2.24, 2.45) is 5.92 Å². The van der Waals surface area contributed by atoms with Crippen molar-refractivity contribution >= 4 is 21.6 Å². The van der Waals surface area contributed by atoms with E-state index in [0.29, 0.717) is 37.4 Å². The summed E-state index contributed by atoms with van der Waals surface area (Å²) in [4.78, 5) is 13.3. The molecule has 1 amide bonds. The summed E-state index contributed by atoms with van der Waals surface area (Å²) >= 11 is 0. The van der Waals surface area contributed by atoms with Crippen LogP contribution in [-0.4, -0.2) is 41.5 Å². The minimum absolute atomic E-state index is 0.0756. The number of benzene rings is 2. The van der Waals surface area contributed by atoms with E-state index in [1.165, 1.54) is 15.4 Å². The number of carbonyl (C=O) groups excluding carboxylic acids is 1. The summed E-state index contributed by atoms with van der Waals surface area (Å²) in [6.45, 7) is 7.24. The fourth-order valence-corrected chi connectivity index (χ4v) is 5.80. The summed E-state index contributed by atoms with van der Waals surface area (Å²) < 4.78 is 29.1. The Bertz CT molecular complexity index is 1240. The fraction of sp³-hybridized carbons (Fsp3) is 0.360. The Kier molecular flexibility index (Phi) is 6.67. The SMILES string of the molecule is Cc1ccccc1Cn1nc(C)c(NC(=O)C2CCN(S(=O)(=O)c3ccccc3)CC2)c1C. The molecular formula is C25H30N4O3S. The Labute approximate surface area is 195 Å². The van der Waals surface area contributed by atoms with Crippen molar-refractivity contribution in [2.75, 3.05) is 18.4 Å². The molecule has 4 rings (SSSR count). The molecule has 0 atom stereocenters. The zero-order chi connectivity index (χ0) is 23.6. The zero-order valence-electron chi connectivity index (χ0n) is 19.3. The smallest absolute Gasteiger partial charge is 0.243 e. The maximum atomic E-state index is 13.0. The molecule has 33 heavy (non-hydrogen) atoms. The normalized spacial score (nSPS) is 15.5. The van der Waals surface area contributed by atoms with E-state index in [1.807, 2.05) is 30.7 Å². The maximum Gasteiger partial charge on any atom is 0.243 e. The molecule has 0 bridgehead atoms. The standard InChI is InChI=1S/C25H30N4O3S/c1-18-9-7-8-10-22(18)17-29-20(3)24(19(2)27-29)26-25(30)21-13-15-28(16-14-21)33(31,32)23-11-5-4-6-12-23/h4-12,21H,13-17H2,1-3H3,(H,26,30). The monoisotopic (exact) mass is 466 g/mol. The first-order chi connectivity index (χ1) is 15.8. The first-order valence-electron chi connectivity index (χ1n) is 11.2. The van der Waals surface area contributed by atoms with Gasteiger partial charge in [-0.25, -0.2) is 8.42 Å². The van der Waals surface area contributed by atoms with Crippen molar-refractivity contribution < 1.29 is 13.2 Å². The topological polar surface area (TPSA) is 84.3 Å². The second-order valence-electron chi connectivity index (χ2n) is 8.61. The van der Waals surface area contributed by atoms with Gasteiger partial charge in [-0.2, -0.15) is 9.40 Å². The van der Waals surface area contributed by atoms with E-state index in [2.05, 4.69) is 29.5 Å². The number of carbonyl (C=O) groups is 1. The van der Waals surface area contributed by atoms with E-state index in [0.717, 1.165) is 17.1 Å². The van der Waals surface area contributed by atoms with Crippen LogP contribution in [0, 0.1) is 26.7 Å². The second-order valence-corrected chi connectivity index (χ2v) is 10.5. The first kappa shape index (κ1) is 23.2. The number of amides is 1. The molecule has 1 fully saturated rings. The van der Waals surface area contributed by atoms with Crippen LogP contribution in [0.5, 0.6) is 0 Å². The molecule has 174 valence electrons. The van der Waals surface area contributed by atoms with Gasteiger partial charge < -0.3 is 5.32 Å². The van der Waals surface area contributed by atoms with Gasteiger partial charge in [0, 0.05) is 19.0 Å². The molecule has 1 N–H and O–H groups in total. The van der Waals surface area contributed by atoms with E-state index in [9.17, 15) is 13.2 Å². The Morgan fingerprint density at radius 3 is 2.30 bits per heavy atom. The van der Waals surface area contributed by atoms with Gasteiger partial charge in [-0.1, -0.05) is 42.5 Å². The highest BCUT2D eigenvalue weighted by Gasteiger charge is 2.32. The molecule has 1 aliphatic rings. The summed E-state index contributed by atoms with van der Waals surface area (Å²) in [6, 6.07) is 16.6. The van der Waals surface area contributed by atoms with Crippen LogP contribution in [0.2, 0.25) is 0 Å². The largest absolute Gasteiger partial charge is 0.323 e. The minimum atomic E-state index is -3.53. The average Bonchev–Trinajstić information content (AvgIpc) is 3.08. The van der Waals surface area contributed by atoms with Gasteiger partial charge in [0.15, 0.2) is 0 Å². The zero-order valence-corrected chi connectivity index (χ0v) is 20.1. The van der Waals surface area contributed by atoms with E-state index < -0.39 is 10.0 Å². The molecule has 0 unspecified atom stereocenters. The van der Waals surface area contributed by atoms with E-state index in [4.69, 9.17) is 0 Å². The number of nitrogens with one attached hydrogen (secondary N) is 1. The number of hydrogen-bond acceptors (Lipinski definition) is 4. The molecule has 2 aromatic carbocycles. The highest BCUT2D eigenvalue weighted by atomic mass is 32.2. The van der Waals surface area contributed by atoms with Crippen LogP contribution in [0.1, 0.15) is 35.4 Å². The van der Waals surface area contributed by atoms with Crippen molar-refractivity contribution in [3.05, 3.63) is 77.1 Å². The summed E-state index contributed by atoms with van der Waals surface area (Å²) in [5, 5.41) is 7.70. The van der Waals surface area contributed by atoms with Crippen LogP contribution in [0.3, 0.4) is 0 Å². The molecular weight excluding hydrogens is 436 g/mol. The number of anilines is 1. The van der Waals surface area contributed by atoms with Gasteiger partial charge >= 0.3 is 0 Å². The lowest BCUT2D eigenvalue weighted by Crippen LogP contribution is -2.41. The van der Waals surface area contributed by atoms with Crippen molar-refractivity contribution in [2.45, 2.75) is 45.1 Å². The third-order valence-electron chi connectivity index (χ3n) is 6.42. The van der Waals surface area contributed by atoms with Crippen LogP contribution < -0.4 is 5.32 Å². The molecule has 1 aliphatic heterocycles. The summed E-state index contributed by atoms with van der Waals surface area (Å²) in [5.74, 6) is -0.306. The van der Waals surface area contributed by atoms with Gasteiger partial charge in [0.1, 0.15) is 0 Å². The van der Waals surface area contributed by atoms with E-state index >= 15 is 0 Å². The lowest BCUT2D eigenvalue weighted by Gasteiger charge is -2.30. The predicted molar refractivity (Wildman–Crippen MR) is 129 cm³/mol. The number of hydrogen-bond donors (Lipinski definition) is 1. The van der Waals surface area contributed by atoms with Gasteiger partial charge in [-0.15, -0.1) is 0 Å². The molecule has 2 heterocycles. The summed E-state index contributed by atoms with van der Waals surface area (Å²) in [6.07, 6.45) is 0.987. The highest BCUT2D eigenvalue weighted by molar-refractivity contribution is 7.89.